The smallest absolute Gasteiger partial charge is 0.169 e. The van der Waals surface area contributed by atoms with Crippen LogP contribution in [-0.2, 0) is 0 Å². The highest BCUT2D eigenvalue weighted by atomic mass is 16.5. The molecule has 4 nitrogen and oxygen atoms in total. The number of rotatable bonds is 16. The highest BCUT2D eigenvalue weighted by molar-refractivity contribution is 6.39. The van der Waals surface area contributed by atoms with E-state index in [9.17, 15) is 0 Å². The molecule has 0 saturated heterocycles. The molecule has 96 heavy (non-hydrogen) atoms. The maximum absolute atomic E-state index is 6.89. The number of hydrogen-bond acceptors (Lipinski definition) is 4. The van der Waals surface area contributed by atoms with Gasteiger partial charge < -0.3 is 19.3 Å². The van der Waals surface area contributed by atoms with E-state index in [4.69, 9.17) is 9.47 Å². The second-order valence-electron chi connectivity index (χ2n) is 24.0. The molecule has 456 valence electrons. The van der Waals surface area contributed by atoms with Gasteiger partial charge in [-0.1, -0.05) is 291 Å². The average Bonchev–Trinajstić information content (AvgIpc) is 0.678. The third-order valence-electron chi connectivity index (χ3n) is 18.6. The lowest BCUT2D eigenvalue weighted by Crippen LogP contribution is -2.09. The number of methoxy groups -OCH3 is 2. The van der Waals surface area contributed by atoms with Crippen LogP contribution in [0.4, 0.5) is 34.1 Å². The van der Waals surface area contributed by atoms with Crippen LogP contribution in [0.5, 0.6) is 11.5 Å². The number of ether oxygens (including phenoxy) is 2. The van der Waals surface area contributed by atoms with E-state index in [-0.39, 0.29) is 0 Å². The summed E-state index contributed by atoms with van der Waals surface area (Å²) in [6.07, 6.45) is 0. The van der Waals surface area contributed by atoms with Gasteiger partial charge in [0.05, 0.1) is 14.2 Å². The van der Waals surface area contributed by atoms with Gasteiger partial charge in [-0.3, -0.25) is 0 Å². The van der Waals surface area contributed by atoms with E-state index < -0.39 is 0 Å². The summed E-state index contributed by atoms with van der Waals surface area (Å²) in [5, 5.41) is 6.57. The Kier molecular flexibility index (Phi) is 15.8. The number of nitrogens with zero attached hydrogens (tertiary/aromatic N) is 2. The van der Waals surface area contributed by atoms with Crippen molar-refractivity contribution in [1.82, 2.24) is 0 Å². The van der Waals surface area contributed by atoms with Gasteiger partial charge in [-0.2, -0.15) is 0 Å². The van der Waals surface area contributed by atoms with E-state index in [0.717, 1.165) is 155 Å². The van der Waals surface area contributed by atoms with Crippen molar-refractivity contribution >= 4 is 66.4 Å². The van der Waals surface area contributed by atoms with Gasteiger partial charge in [-0.05, 0) is 172 Å². The molecular formula is C92H66N2O2. The molecule has 0 bridgehead atoms. The van der Waals surface area contributed by atoms with Crippen LogP contribution in [0.1, 0.15) is 0 Å². The Morgan fingerprint density at radius 2 is 0.354 bits per heavy atom. The third kappa shape index (κ3) is 10.5. The molecule has 0 aliphatic rings. The minimum Gasteiger partial charge on any atom is -0.492 e. The van der Waals surface area contributed by atoms with E-state index in [0.29, 0.717) is 11.5 Å². The summed E-state index contributed by atoms with van der Waals surface area (Å²) in [5.41, 5.74) is 23.3. The molecule has 16 aromatic carbocycles. The van der Waals surface area contributed by atoms with Crippen LogP contribution < -0.4 is 19.3 Å². The Labute approximate surface area is 561 Å². The van der Waals surface area contributed by atoms with Gasteiger partial charge in [0.25, 0.3) is 0 Å². The highest BCUT2D eigenvalue weighted by Crippen LogP contribution is 2.62. The Morgan fingerprint density at radius 1 is 0.167 bits per heavy atom. The molecule has 16 rings (SSSR count). The summed E-state index contributed by atoms with van der Waals surface area (Å²) in [4.78, 5) is 4.67. The van der Waals surface area contributed by atoms with Crippen molar-refractivity contribution in [3.05, 3.63) is 364 Å². The molecule has 0 radical (unpaired) electrons. The Balaban J connectivity index is 1.16. The van der Waals surface area contributed by atoms with Gasteiger partial charge in [0.15, 0.2) is 11.5 Å². The van der Waals surface area contributed by atoms with E-state index in [1.807, 2.05) is 0 Å². The lowest BCUT2D eigenvalue weighted by molar-refractivity contribution is 0.358. The Hall–Kier alpha value is -12.5. The molecule has 4 heteroatoms. The number of anilines is 6. The summed E-state index contributed by atoms with van der Waals surface area (Å²) in [5.74, 6) is 1.31. The second-order valence-corrected chi connectivity index (χ2v) is 24.0. The fraction of sp³-hybridized carbons (Fsp3) is 0.0217. The molecule has 0 N–H and O–H groups in total. The monoisotopic (exact) mass is 1230 g/mol. The number of hydrogen-bond donors (Lipinski definition) is 0. The standard InChI is InChI=1S/C92H66N2O2/c1-95-91-83(69-41-21-7-22-42-69)89-81(67-37-17-5-18-38-67)87-79(65-33-13-3-14-34-65)85-77(63-53-57-75(58-54-63)93(71-45-25-9-26-46-71)72-47-27-10-28-48-72)61-62-78(64-55-59-76(60-56-64)94(73-49-29-11-30-50-73)74-51-31-12-32-52-74)86(85)80(66-35-15-4-16-36-66)88(87)82(68-39-19-6-20-40-68)90(89)84(92(91)96-2)70-43-23-8-24-44-70/h3-62H,1-2H3. The first kappa shape index (κ1) is 58.6. The van der Waals surface area contributed by atoms with Gasteiger partial charge >= 0.3 is 0 Å². The zero-order chi connectivity index (χ0) is 64.3. The van der Waals surface area contributed by atoms with Crippen LogP contribution in [0.3, 0.4) is 0 Å². The lowest BCUT2D eigenvalue weighted by Gasteiger charge is -2.30. The predicted octanol–water partition coefficient (Wildman–Crippen LogP) is 25.4. The van der Waals surface area contributed by atoms with Crippen molar-refractivity contribution in [2.75, 3.05) is 24.0 Å². The van der Waals surface area contributed by atoms with Crippen molar-refractivity contribution < 1.29 is 9.47 Å². The number of para-hydroxylation sites is 4. The van der Waals surface area contributed by atoms with Gasteiger partial charge in [0.1, 0.15) is 0 Å². The topological polar surface area (TPSA) is 24.9 Å². The minimum absolute atomic E-state index is 0.653. The largest absolute Gasteiger partial charge is 0.492 e. The van der Waals surface area contributed by atoms with E-state index in [1.165, 1.54) is 0 Å². The first-order valence-electron chi connectivity index (χ1n) is 32.7. The fourth-order valence-corrected chi connectivity index (χ4v) is 14.6. The summed E-state index contributed by atoms with van der Waals surface area (Å²) in [7, 11) is 3.57. The van der Waals surface area contributed by atoms with Crippen molar-refractivity contribution in [1.29, 1.82) is 0 Å². The van der Waals surface area contributed by atoms with Crippen LogP contribution in [0.2, 0.25) is 0 Å². The Bertz CT molecular complexity index is 4970. The molecule has 0 heterocycles. The predicted molar refractivity (Wildman–Crippen MR) is 405 cm³/mol. The molecule has 0 fully saturated rings. The van der Waals surface area contributed by atoms with Gasteiger partial charge in [0, 0.05) is 56.0 Å². The molecule has 0 unspecified atom stereocenters. The molecule has 0 aliphatic heterocycles. The van der Waals surface area contributed by atoms with Gasteiger partial charge in [0.2, 0.25) is 0 Å². The summed E-state index contributed by atoms with van der Waals surface area (Å²) in [6, 6.07) is 132. The SMILES string of the molecule is COc1c(OC)c(-c2ccccc2)c2c(-c3ccccc3)c3c(-c4ccccc4)c4c(-c5ccc(N(c6ccccc6)c6ccccc6)cc5)ccc(-c5ccc(N(c6ccccc6)c6ccccc6)cc5)c4c(-c4ccccc4)c3c(-c3ccccc3)c2c1-c1ccccc1. The first-order valence-corrected chi connectivity index (χ1v) is 32.7. The minimum atomic E-state index is 0.653. The average molecular weight is 1230 g/mol. The summed E-state index contributed by atoms with van der Waals surface area (Å²) < 4.78 is 13.8. The highest BCUT2D eigenvalue weighted by Gasteiger charge is 2.34. The fourth-order valence-electron chi connectivity index (χ4n) is 14.6. The molecular weight excluding hydrogens is 1170 g/mol. The third-order valence-corrected chi connectivity index (χ3v) is 18.6. The van der Waals surface area contributed by atoms with E-state index in [1.54, 1.807) is 14.2 Å². The molecule has 0 aliphatic carbocycles. The van der Waals surface area contributed by atoms with E-state index >= 15 is 0 Å². The Morgan fingerprint density at radius 3 is 0.583 bits per heavy atom. The zero-order valence-corrected chi connectivity index (χ0v) is 53.4. The van der Waals surface area contributed by atoms with Crippen molar-refractivity contribution in [3.63, 3.8) is 0 Å². The molecule has 0 saturated carbocycles. The van der Waals surface area contributed by atoms with Crippen LogP contribution in [0, 0.1) is 0 Å². The lowest BCUT2D eigenvalue weighted by atomic mass is 9.73. The zero-order valence-electron chi connectivity index (χ0n) is 53.4. The molecule has 0 aromatic heterocycles. The normalized spacial score (nSPS) is 11.2. The second kappa shape index (κ2) is 25.9. The van der Waals surface area contributed by atoms with Crippen molar-refractivity contribution in [3.8, 4) is 101 Å². The molecule has 0 amide bonds. The van der Waals surface area contributed by atoms with Crippen LogP contribution in [0.25, 0.3) is 121 Å². The van der Waals surface area contributed by atoms with E-state index in [2.05, 4.69) is 374 Å². The molecule has 0 spiro atoms. The van der Waals surface area contributed by atoms with Crippen LogP contribution in [-0.4, -0.2) is 14.2 Å². The maximum atomic E-state index is 6.89. The quantitative estimate of drug-likeness (QED) is 0.0900. The van der Waals surface area contributed by atoms with Crippen LogP contribution in [0.15, 0.2) is 364 Å². The summed E-state index contributed by atoms with van der Waals surface area (Å²) in [6.45, 7) is 0. The van der Waals surface area contributed by atoms with Gasteiger partial charge in [-0.25, -0.2) is 0 Å². The summed E-state index contributed by atoms with van der Waals surface area (Å²) >= 11 is 0. The van der Waals surface area contributed by atoms with Gasteiger partial charge in [-0.15, -0.1) is 0 Å². The van der Waals surface area contributed by atoms with Crippen molar-refractivity contribution in [2.24, 2.45) is 0 Å². The maximum Gasteiger partial charge on any atom is 0.169 e. The molecule has 16 aromatic rings. The van der Waals surface area contributed by atoms with Crippen LogP contribution >= 0.6 is 0 Å². The molecule has 0 atom stereocenters. The van der Waals surface area contributed by atoms with Crippen molar-refractivity contribution in [2.45, 2.75) is 0 Å². The first-order chi connectivity index (χ1) is 47.6. The number of fused-ring (bicyclic) bond motifs is 3. The number of benzene rings is 16.